The van der Waals surface area contributed by atoms with Crippen molar-refractivity contribution in [3.05, 3.63) is 0 Å². The fourth-order valence-corrected chi connectivity index (χ4v) is 1.37. The maximum Gasteiger partial charge on any atom is 0.129 e. The van der Waals surface area contributed by atoms with Gasteiger partial charge in [0.15, 0.2) is 0 Å². The Morgan fingerprint density at radius 1 is 1.12 bits per heavy atom. The van der Waals surface area contributed by atoms with Crippen LogP contribution in [0.4, 0.5) is 0 Å². The highest BCUT2D eigenvalue weighted by atomic mass is 16.1. The molecule has 0 heterocycles. The van der Waals surface area contributed by atoms with Gasteiger partial charge >= 0.3 is 0 Å². The van der Waals surface area contributed by atoms with Crippen LogP contribution in [0.25, 0.3) is 0 Å². The van der Waals surface area contributed by atoms with Crippen molar-refractivity contribution >= 4 is 5.78 Å². The smallest absolute Gasteiger partial charge is 0.129 e. The van der Waals surface area contributed by atoms with E-state index in [1.165, 1.54) is 19.3 Å². The summed E-state index contributed by atoms with van der Waals surface area (Å²) in [5.74, 6) is 1.11. The molecule has 0 aliphatic rings. The fraction of sp³-hybridized carbons (Fsp3) is 0.929. The summed E-state index contributed by atoms with van der Waals surface area (Å²) in [5.41, 5.74) is 0. The number of nitrogens with one attached hydrogen (secondary N) is 1. The van der Waals surface area contributed by atoms with Crippen LogP contribution < -0.4 is 5.32 Å². The van der Waals surface area contributed by atoms with Gasteiger partial charge in [-0.2, -0.15) is 0 Å². The van der Waals surface area contributed by atoms with Gasteiger partial charge in [-0.15, -0.1) is 0 Å². The highest BCUT2D eigenvalue weighted by Crippen LogP contribution is 2.16. The molecule has 0 bridgehead atoms. The lowest BCUT2D eigenvalue weighted by molar-refractivity contribution is -0.117. The van der Waals surface area contributed by atoms with Crippen LogP contribution in [0.5, 0.6) is 0 Å². The molecule has 1 atom stereocenters. The van der Waals surface area contributed by atoms with Crippen LogP contribution in [0.3, 0.4) is 0 Å². The Balaban J connectivity index is -0.000000289. The molecule has 100 valence electrons. The van der Waals surface area contributed by atoms with Crippen molar-refractivity contribution in [3.63, 3.8) is 0 Å². The van der Waals surface area contributed by atoms with Crippen LogP contribution in [0.1, 0.15) is 66.7 Å². The Kier molecular flexibility index (Phi) is 26.3. The summed E-state index contributed by atoms with van der Waals surface area (Å²) in [7, 11) is 3.75. The van der Waals surface area contributed by atoms with Gasteiger partial charge in [0.1, 0.15) is 5.78 Å². The molecule has 0 aromatic carbocycles. The molecule has 1 unspecified atom stereocenters. The number of ketones is 1. The maximum atomic E-state index is 10.7. The molecule has 0 radical (unpaired) electrons. The summed E-state index contributed by atoms with van der Waals surface area (Å²) in [4.78, 5) is 10.7. The molecule has 16 heavy (non-hydrogen) atoms. The van der Waals surface area contributed by atoms with E-state index in [1.807, 2.05) is 27.9 Å². The lowest BCUT2D eigenvalue weighted by atomic mass is 9.94. The van der Waals surface area contributed by atoms with E-state index in [9.17, 15) is 4.79 Å². The molecule has 0 fully saturated rings. The summed E-state index contributed by atoms with van der Waals surface area (Å²) < 4.78 is 0. The summed E-state index contributed by atoms with van der Waals surface area (Å²) in [6.07, 6.45) is 5.62. The lowest BCUT2D eigenvalue weighted by Gasteiger charge is -2.11. The Labute approximate surface area is 103 Å². The van der Waals surface area contributed by atoms with Crippen molar-refractivity contribution in [2.75, 3.05) is 14.1 Å². The number of carbonyl (C=O) groups is 1. The van der Waals surface area contributed by atoms with E-state index in [1.54, 1.807) is 6.92 Å². The van der Waals surface area contributed by atoms with E-state index in [0.29, 0.717) is 5.78 Å². The molecular formula is C14H33NO. The fourth-order valence-electron chi connectivity index (χ4n) is 1.37. The van der Waals surface area contributed by atoms with Gasteiger partial charge in [0.05, 0.1) is 0 Å². The van der Waals surface area contributed by atoms with E-state index in [0.717, 1.165) is 18.8 Å². The van der Waals surface area contributed by atoms with Crippen molar-refractivity contribution in [1.29, 1.82) is 0 Å². The molecule has 0 aliphatic carbocycles. The minimum atomic E-state index is 0.333. The van der Waals surface area contributed by atoms with Crippen LogP contribution in [0.15, 0.2) is 0 Å². The molecule has 0 rings (SSSR count). The monoisotopic (exact) mass is 231 g/mol. The van der Waals surface area contributed by atoms with Crippen molar-refractivity contribution in [1.82, 2.24) is 5.32 Å². The Bertz CT molecular complexity index is 124. The average Bonchev–Trinajstić information content (AvgIpc) is 2.28. The second-order valence-electron chi connectivity index (χ2n) is 3.80. The van der Waals surface area contributed by atoms with Gasteiger partial charge in [-0.1, -0.05) is 47.0 Å². The van der Waals surface area contributed by atoms with E-state index in [2.05, 4.69) is 19.2 Å². The van der Waals surface area contributed by atoms with Crippen LogP contribution >= 0.6 is 0 Å². The van der Waals surface area contributed by atoms with Crippen molar-refractivity contribution in [2.45, 2.75) is 66.7 Å². The van der Waals surface area contributed by atoms with Crippen LogP contribution in [0, 0.1) is 5.92 Å². The van der Waals surface area contributed by atoms with Crippen molar-refractivity contribution in [3.8, 4) is 0 Å². The third-order valence-corrected chi connectivity index (χ3v) is 2.18. The molecule has 1 N–H and O–H groups in total. The summed E-state index contributed by atoms with van der Waals surface area (Å²) >= 11 is 0. The zero-order chi connectivity index (χ0) is 13.4. The highest BCUT2D eigenvalue weighted by Gasteiger charge is 2.05. The molecule has 0 amide bonds. The van der Waals surface area contributed by atoms with Gasteiger partial charge in [-0.3, -0.25) is 0 Å². The van der Waals surface area contributed by atoms with Crippen LogP contribution in [0.2, 0.25) is 0 Å². The predicted molar refractivity (Wildman–Crippen MR) is 74.9 cm³/mol. The number of rotatable bonds is 6. The van der Waals surface area contributed by atoms with Gasteiger partial charge in [-0.25, -0.2) is 0 Å². The predicted octanol–water partition coefficient (Wildman–Crippen LogP) is 4.04. The molecule has 2 heteroatoms. The normalized spacial score (nSPS) is 10.4. The zero-order valence-electron chi connectivity index (χ0n) is 12.5. The quantitative estimate of drug-likeness (QED) is 0.747. The van der Waals surface area contributed by atoms with E-state index in [-0.39, 0.29) is 0 Å². The summed E-state index contributed by atoms with van der Waals surface area (Å²) in [5, 5.41) is 2.75. The van der Waals surface area contributed by atoms with Gasteiger partial charge in [0.25, 0.3) is 0 Å². The number of carbonyl (C=O) groups excluding carboxylic acids is 1. The first kappa shape index (κ1) is 21.0. The second kappa shape index (κ2) is 20.1. The largest absolute Gasteiger partial charge is 0.323 e. The molecular weight excluding hydrogens is 198 g/mol. The number of Topliss-reactive ketones (excluding diaryl/α,β-unsaturated/α-hetero) is 1. The molecule has 0 saturated heterocycles. The Hall–Kier alpha value is -0.370. The third-order valence-electron chi connectivity index (χ3n) is 2.18. The SMILES string of the molecule is CC.CCCC(CC)CCC(C)=O.CNC. The van der Waals surface area contributed by atoms with Gasteiger partial charge in [0.2, 0.25) is 0 Å². The van der Waals surface area contributed by atoms with Crippen molar-refractivity contribution < 1.29 is 4.79 Å². The van der Waals surface area contributed by atoms with Crippen molar-refractivity contribution in [2.24, 2.45) is 5.92 Å². The molecule has 0 aliphatic heterocycles. The van der Waals surface area contributed by atoms with E-state index in [4.69, 9.17) is 0 Å². The van der Waals surface area contributed by atoms with E-state index < -0.39 is 0 Å². The van der Waals surface area contributed by atoms with Crippen LogP contribution in [-0.2, 0) is 4.79 Å². The topological polar surface area (TPSA) is 29.1 Å². The molecule has 2 nitrogen and oxygen atoms in total. The van der Waals surface area contributed by atoms with Gasteiger partial charge in [0, 0.05) is 6.42 Å². The molecule has 0 aromatic heterocycles. The minimum Gasteiger partial charge on any atom is -0.323 e. The van der Waals surface area contributed by atoms with Gasteiger partial charge in [-0.05, 0) is 33.4 Å². The average molecular weight is 231 g/mol. The minimum absolute atomic E-state index is 0.333. The summed E-state index contributed by atoms with van der Waals surface area (Å²) in [6.45, 7) is 10.1. The standard InChI is InChI=1S/C10H20O.C2H7N.C2H6/c1-4-6-10(5-2)8-7-9(3)11;1-3-2;1-2/h10H,4-8H2,1-3H3;3H,1-2H3;1-2H3. The zero-order valence-corrected chi connectivity index (χ0v) is 12.5. The lowest BCUT2D eigenvalue weighted by Crippen LogP contribution is -2.01. The molecule has 0 saturated carbocycles. The first-order valence-corrected chi connectivity index (χ1v) is 6.70. The Morgan fingerprint density at radius 2 is 1.56 bits per heavy atom. The van der Waals surface area contributed by atoms with Gasteiger partial charge < -0.3 is 10.1 Å². The summed E-state index contributed by atoms with van der Waals surface area (Å²) in [6, 6.07) is 0. The third kappa shape index (κ3) is 23.4. The Morgan fingerprint density at radius 3 is 1.81 bits per heavy atom. The molecule has 0 spiro atoms. The number of hydrogen-bond acceptors (Lipinski definition) is 2. The second-order valence-corrected chi connectivity index (χ2v) is 3.80. The van der Waals surface area contributed by atoms with E-state index >= 15 is 0 Å². The first-order chi connectivity index (χ1) is 7.62. The molecule has 0 aromatic rings. The highest BCUT2D eigenvalue weighted by molar-refractivity contribution is 5.75. The van der Waals surface area contributed by atoms with Crippen LogP contribution in [-0.4, -0.2) is 19.9 Å². The maximum absolute atomic E-state index is 10.7. The number of hydrogen-bond donors (Lipinski definition) is 1. The first-order valence-electron chi connectivity index (χ1n) is 6.70.